The lowest BCUT2D eigenvalue weighted by molar-refractivity contribution is -0.481. The third-order valence-electron chi connectivity index (χ3n) is 1.95. The summed E-state index contributed by atoms with van der Waals surface area (Å²) in [5.74, 6) is -1.02. The summed E-state index contributed by atoms with van der Waals surface area (Å²) in [5, 5.41) is 21.9. The summed E-state index contributed by atoms with van der Waals surface area (Å²) in [5.41, 5.74) is 0.715. The van der Waals surface area contributed by atoms with Gasteiger partial charge in [-0.3, -0.25) is 10.1 Å². The van der Waals surface area contributed by atoms with E-state index >= 15 is 0 Å². The van der Waals surface area contributed by atoms with Crippen LogP contribution in [-0.4, -0.2) is 28.6 Å². The fourth-order valence-electron chi connectivity index (χ4n) is 1.30. The molecule has 0 aliphatic heterocycles. The van der Waals surface area contributed by atoms with Crippen molar-refractivity contribution in [2.45, 2.75) is 13.0 Å². The molecule has 2 N–H and O–H groups in total. The maximum Gasteiger partial charge on any atom is 0.335 e. The van der Waals surface area contributed by atoms with Gasteiger partial charge in [-0.05, 0) is 25.1 Å². The average Bonchev–Trinajstić information content (AvgIpc) is 2.16. The molecule has 16 heavy (non-hydrogen) atoms. The second-order valence-electron chi connectivity index (χ2n) is 3.45. The highest BCUT2D eigenvalue weighted by atomic mass is 16.6. The SMILES string of the molecule is CC(C[N+](=O)[O-])Nc1cccc(C(=O)O)c1. The molecule has 0 fully saturated rings. The van der Waals surface area contributed by atoms with Gasteiger partial charge in [-0.2, -0.15) is 0 Å². The summed E-state index contributed by atoms with van der Waals surface area (Å²) in [6.45, 7) is 1.45. The Morgan fingerprint density at radius 3 is 2.88 bits per heavy atom. The first-order valence-electron chi connectivity index (χ1n) is 4.70. The van der Waals surface area contributed by atoms with Crippen molar-refractivity contribution in [1.82, 2.24) is 0 Å². The Balaban J connectivity index is 2.70. The van der Waals surface area contributed by atoms with E-state index in [1.54, 1.807) is 19.1 Å². The van der Waals surface area contributed by atoms with E-state index in [0.29, 0.717) is 5.69 Å². The van der Waals surface area contributed by atoms with Crippen molar-refractivity contribution in [1.29, 1.82) is 0 Å². The Hall–Kier alpha value is -2.11. The van der Waals surface area contributed by atoms with Crippen LogP contribution < -0.4 is 5.32 Å². The van der Waals surface area contributed by atoms with E-state index in [0.717, 1.165) is 0 Å². The summed E-state index contributed by atoms with van der Waals surface area (Å²) < 4.78 is 0. The molecule has 0 radical (unpaired) electrons. The zero-order valence-electron chi connectivity index (χ0n) is 8.71. The fourth-order valence-corrected chi connectivity index (χ4v) is 1.30. The number of rotatable bonds is 5. The number of aromatic carboxylic acids is 1. The highest BCUT2D eigenvalue weighted by molar-refractivity contribution is 5.88. The number of nitro groups is 1. The van der Waals surface area contributed by atoms with Crippen LogP contribution in [0.4, 0.5) is 5.69 Å². The number of carboxylic acid groups (broad SMARTS) is 1. The van der Waals surface area contributed by atoms with Crippen LogP contribution in [0.5, 0.6) is 0 Å². The smallest absolute Gasteiger partial charge is 0.335 e. The number of carbonyl (C=O) groups is 1. The van der Waals surface area contributed by atoms with E-state index < -0.39 is 10.9 Å². The lowest BCUT2D eigenvalue weighted by atomic mass is 10.2. The molecule has 1 unspecified atom stereocenters. The summed E-state index contributed by atoms with van der Waals surface area (Å²) >= 11 is 0. The average molecular weight is 224 g/mol. The van der Waals surface area contributed by atoms with Crippen molar-refractivity contribution >= 4 is 11.7 Å². The molecule has 0 spiro atoms. The van der Waals surface area contributed by atoms with Crippen molar-refractivity contribution in [2.24, 2.45) is 0 Å². The Kier molecular flexibility index (Phi) is 3.82. The first-order valence-corrected chi connectivity index (χ1v) is 4.70. The molecule has 6 nitrogen and oxygen atoms in total. The predicted molar refractivity (Wildman–Crippen MR) is 58.3 cm³/mol. The molecule has 86 valence electrons. The second-order valence-corrected chi connectivity index (χ2v) is 3.45. The van der Waals surface area contributed by atoms with Crippen LogP contribution in [0.25, 0.3) is 0 Å². The quantitative estimate of drug-likeness (QED) is 0.583. The monoisotopic (exact) mass is 224 g/mol. The Morgan fingerprint density at radius 2 is 2.31 bits per heavy atom. The summed E-state index contributed by atoms with van der Waals surface area (Å²) in [6, 6.07) is 5.82. The largest absolute Gasteiger partial charge is 0.478 e. The number of hydrogen-bond donors (Lipinski definition) is 2. The van der Waals surface area contributed by atoms with Gasteiger partial charge >= 0.3 is 5.97 Å². The van der Waals surface area contributed by atoms with Crippen molar-refractivity contribution in [3.8, 4) is 0 Å². The van der Waals surface area contributed by atoms with Crippen LogP contribution in [0.1, 0.15) is 17.3 Å². The molecular weight excluding hydrogens is 212 g/mol. The molecule has 0 bridgehead atoms. The molecule has 1 aromatic carbocycles. The molecule has 0 aromatic heterocycles. The van der Waals surface area contributed by atoms with Crippen LogP contribution in [0.2, 0.25) is 0 Å². The van der Waals surface area contributed by atoms with Crippen LogP contribution in [0, 0.1) is 10.1 Å². The first kappa shape index (κ1) is 12.0. The van der Waals surface area contributed by atoms with Gasteiger partial charge in [0, 0.05) is 10.6 Å². The first-order chi connectivity index (χ1) is 7.49. The minimum absolute atomic E-state index is 0.151. The number of anilines is 1. The van der Waals surface area contributed by atoms with Crippen LogP contribution >= 0.6 is 0 Å². The number of hydrogen-bond acceptors (Lipinski definition) is 4. The zero-order valence-corrected chi connectivity index (χ0v) is 8.71. The Labute approximate surface area is 92.0 Å². The minimum atomic E-state index is -1.02. The van der Waals surface area contributed by atoms with E-state index in [1.165, 1.54) is 12.1 Å². The maximum atomic E-state index is 10.7. The lowest BCUT2D eigenvalue weighted by Gasteiger charge is -2.11. The van der Waals surface area contributed by atoms with Crippen LogP contribution in [0.3, 0.4) is 0 Å². The van der Waals surface area contributed by atoms with Crippen molar-refractivity contribution in [2.75, 3.05) is 11.9 Å². The summed E-state index contributed by atoms with van der Waals surface area (Å²) in [6.07, 6.45) is 0. The van der Waals surface area contributed by atoms with Gasteiger partial charge in [0.15, 0.2) is 0 Å². The normalized spacial score (nSPS) is 11.8. The molecule has 0 aliphatic carbocycles. The van der Waals surface area contributed by atoms with Gasteiger partial charge in [0.1, 0.15) is 0 Å². The van der Waals surface area contributed by atoms with E-state index in [-0.39, 0.29) is 18.2 Å². The number of nitrogens with one attached hydrogen (secondary N) is 1. The highest BCUT2D eigenvalue weighted by Gasteiger charge is 2.10. The van der Waals surface area contributed by atoms with Crippen molar-refractivity contribution in [3.05, 3.63) is 39.9 Å². The molecule has 1 rings (SSSR count). The van der Waals surface area contributed by atoms with Crippen molar-refractivity contribution in [3.63, 3.8) is 0 Å². The van der Waals surface area contributed by atoms with Gasteiger partial charge in [-0.25, -0.2) is 4.79 Å². The number of benzene rings is 1. The maximum absolute atomic E-state index is 10.7. The molecule has 0 amide bonds. The highest BCUT2D eigenvalue weighted by Crippen LogP contribution is 2.11. The van der Waals surface area contributed by atoms with Crippen LogP contribution in [-0.2, 0) is 0 Å². The van der Waals surface area contributed by atoms with E-state index in [4.69, 9.17) is 5.11 Å². The third-order valence-corrected chi connectivity index (χ3v) is 1.95. The van der Waals surface area contributed by atoms with Gasteiger partial charge < -0.3 is 10.4 Å². The fraction of sp³-hybridized carbons (Fsp3) is 0.300. The molecule has 1 aromatic rings. The summed E-state index contributed by atoms with van der Waals surface area (Å²) in [4.78, 5) is 20.5. The van der Waals surface area contributed by atoms with E-state index in [1.807, 2.05) is 0 Å². The van der Waals surface area contributed by atoms with Gasteiger partial charge in [0.05, 0.1) is 11.6 Å². The zero-order chi connectivity index (χ0) is 12.1. The standard InChI is InChI=1S/C10H12N2O4/c1-7(6-12(15)16)11-9-4-2-3-8(5-9)10(13)14/h2-5,7,11H,6H2,1H3,(H,13,14). The Bertz CT molecular complexity index is 406. The Morgan fingerprint density at radius 1 is 1.62 bits per heavy atom. The van der Waals surface area contributed by atoms with Gasteiger partial charge in [-0.15, -0.1) is 0 Å². The van der Waals surface area contributed by atoms with Gasteiger partial charge in [0.25, 0.3) is 0 Å². The molecular formula is C10H12N2O4. The molecule has 6 heteroatoms. The van der Waals surface area contributed by atoms with E-state index in [2.05, 4.69) is 5.32 Å². The third kappa shape index (κ3) is 3.56. The second kappa shape index (κ2) is 5.11. The molecule has 0 saturated heterocycles. The van der Waals surface area contributed by atoms with Crippen molar-refractivity contribution < 1.29 is 14.8 Å². The number of carboxylic acids is 1. The molecule has 0 saturated carbocycles. The minimum Gasteiger partial charge on any atom is -0.478 e. The van der Waals surface area contributed by atoms with Gasteiger partial charge in [0.2, 0.25) is 6.54 Å². The van der Waals surface area contributed by atoms with Crippen LogP contribution in [0.15, 0.2) is 24.3 Å². The summed E-state index contributed by atoms with van der Waals surface area (Å²) in [7, 11) is 0. The predicted octanol–water partition coefficient (Wildman–Crippen LogP) is 1.46. The topological polar surface area (TPSA) is 92.5 Å². The van der Waals surface area contributed by atoms with Gasteiger partial charge in [-0.1, -0.05) is 6.07 Å². The molecule has 0 heterocycles. The lowest BCUT2D eigenvalue weighted by Crippen LogP contribution is -2.24. The molecule has 1 atom stereocenters. The van der Waals surface area contributed by atoms with E-state index in [9.17, 15) is 14.9 Å². The number of nitrogens with zero attached hydrogens (tertiary/aromatic N) is 1. The molecule has 0 aliphatic rings.